The molecule has 88 valence electrons. The fourth-order valence-electron chi connectivity index (χ4n) is 1.20. The van der Waals surface area contributed by atoms with E-state index in [1.165, 1.54) is 0 Å². The lowest BCUT2D eigenvalue weighted by atomic mass is 10.2. The molecule has 16 heavy (non-hydrogen) atoms. The van der Waals surface area contributed by atoms with Gasteiger partial charge >= 0.3 is 0 Å². The molecule has 0 atom stereocenters. The molecular weight excluding hydrogens is 218 g/mol. The number of rotatable bonds is 4. The fraction of sp³-hybridized carbons (Fsp3) is 0.417. The Labute approximate surface area is 98.2 Å². The van der Waals surface area contributed by atoms with Gasteiger partial charge in [-0.3, -0.25) is 0 Å². The van der Waals surface area contributed by atoms with Crippen molar-refractivity contribution in [3.8, 4) is 11.5 Å². The molecule has 1 aromatic carbocycles. The van der Waals surface area contributed by atoms with E-state index in [4.69, 9.17) is 9.47 Å². The highest BCUT2D eigenvalue weighted by atomic mass is 28.3. The highest BCUT2D eigenvalue weighted by Gasteiger charge is 2.09. The third kappa shape index (κ3) is 3.70. The van der Waals surface area contributed by atoms with E-state index in [1.807, 2.05) is 24.4 Å². The van der Waals surface area contributed by atoms with Gasteiger partial charge in [-0.15, -0.1) is 0 Å². The molecule has 0 aliphatic heterocycles. The van der Waals surface area contributed by atoms with Crippen molar-refractivity contribution in [2.45, 2.75) is 19.6 Å². The van der Waals surface area contributed by atoms with E-state index in [9.17, 15) is 0 Å². The van der Waals surface area contributed by atoms with Crippen molar-refractivity contribution >= 4 is 14.5 Å². The van der Waals surface area contributed by atoms with Crippen molar-refractivity contribution in [2.24, 2.45) is 4.66 Å². The van der Waals surface area contributed by atoms with E-state index in [2.05, 4.69) is 24.3 Å². The van der Waals surface area contributed by atoms with E-state index in [0.29, 0.717) is 0 Å². The molecule has 0 N–H and O–H groups in total. The molecule has 1 rings (SSSR count). The molecule has 0 aliphatic carbocycles. The molecule has 1 aromatic rings. The lowest BCUT2D eigenvalue weighted by Crippen LogP contribution is -2.16. The molecule has 0 amide bonds. The molecule has 0 heterocycles. The van der Waals surface area contributed by atoms with Gasteiger partial charge in [0, 0.05) is 6.21 Å². The Morgan fingerprint density at radius 1 is 1.06 bits per heavy atom. The van der Waals surface area contributed by atoms with Crippen LogP contribution in [-0.4, -0.2) is 28.7 Å². The second kappa shape index (κ2) is 5.16. The molecule has 0 bridgehead atoms. The van der Waals surface area contributed by atoms with Crippen LogP contribution in [-0.2, 0) is 0 Å². The first-order valence-corrected chi connectivity index (χ1v) is 8.68. The van der Waals surface area contributed by atoms with Gasteiger partial charge in [0.05, 0.1) is 14.2 Å². The van der Waals surface area contributed by atoms with Crippen LogP contribution < -0.4 is 9.47 Å². The van der Waals surface area contributed by atoms with Crippen LogP contribution in [0.25, 0.3) is 0 Å². The zero-order valence-electron chi connectivity index (χ0n) is 10.6. The predicted octanol–water partition coefficient (Wildman–Crippen LogP) is 2.96. The van der Waals surface area contributed by atoms with Crippen molar-refractivity contribution in [3.05, 3.63) is 23.8 Å². The van der Waals surface area contributed by atoms with Crippen LogP contribution in [0.3, 0.4) is 0 Å². The predicted molar refractivity (Wildman–Crippen MR) is 70.5 cm³/mol. The van der Waals surface area contributed by atoms with Crippen LogP contribution in [0.4, 0.5) is 0 Å². The van der Waals surface area contributed by atoms with E-state index in [0.717, 1.165) is 17.1 Å². The summed E-state index contributed by atoms with van der Waals surface area (Å²) >= 11 is 0. The largest absolute Gasteiger partial charge is 0.493 e. The maximum atomic E-state index is 5.23. The summed E-state index contributed by atoms with van der Waals surface area (Å²) in [6.45, 7) is 6.60. The number of benzene rings is 1. The maximum absolute atomic E-state index is 5.23. The average Bonchev–Trinajstić information content (AvgIpc) is 2.25. The summed E-state index contributed by atoms with van der Waals surface area (Å²) in [6.07, 6.45) is 1.91. The molecular formula is C12H19NO2Si. The Morgan fingerprint density at radius 3 is 2.19 bits per heavy atom. The lowest BCUT2D eigenvalue weighted by Gasteiger charge is -2.09. The summed E-state index contributed by atoms with van der Waals surface area (Å²) in [5.74, 6) is 1.48. The smallest absolute Gasteiger partial charge is 0.172 e. The Morgan fingerprint density at radius 2 is 1.69 bits per heavy atom. The Balaban J connectivity index is 2.96. The van der Waals surface area contributed by atoms with Crippen molar-refractivity contribution in [1.82, 2.24) is 0 Å². The zero-order chi connectivity index (χ0) is 12.2. The SMILES string of the molecule is COc1ccc(C=N[Si](C)(C)C)cc1OC. The first-order chi connectivity index (χ1) is 7.46. The number of methoxy groups -OCH3 is 2. The lowest BCUT2D eigenvalue weighted by molar-refractivity contribution is 0.355. The summed E-state index contributed by atoms with van der Waals surface area (Å²) in [6, 6.07) is 5.80. The van der Waals surface area contributed by atoms with E-state index >= 15 is 0 Å². The molecule has 0 spiro atoms. The summed E-state index contributed by atoms with van der Waals surface area (Å²) in [4.78, 5) is 0. The average molecular weight is 237 g/mol. The molecule has 0 saturated carbocycles. The number of hydrogen-bond donors (Lipinski definition) is 0. The second-order valence-corrected chi connectivity index (χ2v) is 9.14. The number of ether oxygens (including phenoxy) is 2. The van der Waals surface area contributed by atoms with E-state index in [1.54, 1.807) is 14.2 Å². The molecule has 3 nitrogen and oxygen atoms in total. The minimum atomic E-state index is -1.39. The summed E-state index contributed by atoms with van der Waals surface area (Å²) in [5, 5.41) is 0. The van der Waals surface area contributed by atoms with E-state index in [-0.39, 0.29) is 0 Å². The number of hydrogen-bond acceptors (Lipinski definition) is 3. The first-order valence-electron chi connectivity index (χ1n) is 5.23. The third-order valence-electron chi connectivity index (χ3n) is 2.01. The number of nitrogens with zero attached hydrogens (tertiary/aromatic N) is 1. The Hall–Kier alpha value is -1.29. The normalized spacial score (nSPS) is 11.8. The van der Waals surface area contributed by atoms with Gasteiger partial charge in [0.15, 0.2) is 19.7 Å². The van der Waals surface area contributed by atoms with Gasteiger partial charge in [0.25, 0.3) is 0 Å². The topological polar surface area (TPSA) is 30.8 Å². The molecule has 0 fully saturated rings. The molecule has 0 unspecified atom stereocenters. The highest BCUT2D eigenvalue weighted by molar-refractivity contribution is 6.75. The van der Waals surface area contributed by atoms with Crippen LogP contribution in [0.5, 0.6) is 11.5 Å². The van der Waals surface area contributed by atoms with Gasteiger partial charge in [-0.2, -0.15) is 0 Å². The zero-order valence-corrected chi connectivity index (χ0v) is 11.6. The minimum Gasteiger partial charge on any atom is -0.493 e. The van der Waals surface area contributed by atoms with Crippen molar-refractivity contribution < 1.29 is 9.47 Å². The van der Waals surface area contributed by atoms with Gasteiger partial charge in [0.2, 0.25) is 0 Å². The molecule has 0 radical (unpaired) electrons. The summed E-state index contributed by atoms with van der Waals surface area (Å²) < 4.78 is 15.0. The molecule has 4 heteroatoms. The second-order valence-electron chi connectivity index (χ2n) is 4.54. The van der Waals surface area contributed by atoms with Gasteiger partial charge < -0.3 is 14.1 Å². The highest BCUT2D eigenvalue weighted by Crippen LogP contribution is 2.26. The van der Waals surface area contributed by atoms with Gasteiger partial charge in [-0.05, 0) is 43.4 Å². The van der Waals surface area contributed by atoms with Gasteiger partial charge in [0.1, 0.15) is 0 Å². The first kappa shape index (κ1) is 12.8. The van der Waals surface area contributed by atoms with Crippen LogP contribution in [0, 0.1) is 0 Å². The van der Waals surface area contributed by atoms with Crippen LogP contribution in [0.2, 0.25) is 19.6 Å². The Bertz CT molecular complexity index is 383. The van der Waals surface area contributed by atoms with E-state index < -0.39 is 8.24 Å². The van der Waals surface area contributed by atoms with Crippen LogP contribution >= 0.6 is 0 Å². The summed E-state index contributed by atoms with van der Waals surface area (Å²) in [7, 11) is 1.88. The Kier molecular flexibility index (Phi) is 4.12. The maximum Gasteiger partial charge on any atom is 0.172 e. The summed E-state index contributed by atoms with van der Waals surface area (Å²) in [5.41, 5.74) is 1.04. The molecule has 0 aromatic heterocycles. The standard InChI is InChI=1S/C12H19NO2Si/c1-14-11-7-6-10(8-12(11)15-2)9-13-16(3,4)5/h6-9H,1-5H3. The molecule has 0 saturated heterocycles. The van der Waals surface area contributed by atoms with Gasteiger partial charge in [-0.25, -0.2) is 0 Å². The van der Waals surface area contributed by atoms with Crippen molar-refractivity contribution in [1.29, 1.82) is 0 Å². The molecule has 0 aliphatic rings. The van der Waals surface area contributed by atoms with Crippen LogP contribution in [0.15, 0.2) is 22.9 Å². The van der Waals surface area contributed by atoms with Crippen LogP contribution in [0.1, 0.15) is 5.56 Å². The minimum absolute atomic E-state index is 0.738. The monoisotopic (exact) mass is 237 g/mol. The van der Waals surface area contributed by atoms with Crippen molar-refractivity contribution in [3.63, 3.8) is 0 Å². The quantitative estimate of drug-likeness (QED) is 0.595. The third-order valence-corrected chi connectivity index (χ3v) is 2.91. The fourth-order valence-corrected chi connectivity index (χ4v) is 1.74. The van der Waals surface area contributed by atoms with Crippen molar-refractivity contribution in [2.75, 3.05) is 14.2 Å². The van der Waals surface area contributed by atoms with Gasteiger partial charge in [-0.1, -0.05) is 0 Å².